The molecule has 0 spiro atoms. The zero-order valence-electron chi connectivity index (χ0n) is 15.2. The van der Waals surface area contributed by atoms with Crippen molar-refractivity contribution in [2.75, 3.05) is 44.6 Å². The molecule has 1 aromatic rings. The Labute approximate surface area is 158 Å². The van der Waals surface area contributed by atoms with E-state index in [2.05, 4.69) is 15.5 Å². The van der Waals surface area contributed by atoms with Crippen molar-refractivity contribution in [2.45, 2.75) is 26.3 Å². The lowest BCUT2D eigenvalue weighted by Gasteiger charge is -2.37. The molecule has 26 heavy (non-hydrogen) atoms. The second-order valence-corrected chi connectivity index (χ2v) is 6.89. The minimum atomic E-state index is -0.516. The van der Waals surface area contributed by atoms with Crippen molar-refractivity contribution >= 4 is 29.1 Å². The van der Waals surface area contributed by atoms with Gasteiger partial charge in [0, 0.05) is 37.7 Å². The molecule has 1 heterocycles. The van der Waals surface area contributed by atoms with Crippen molar-refractivity contribution in [3.8, 4) is 0 Å². The predicted molar refractivity (Wildman–Crippen MR) is 101 cm³/mol. The third kappa shape index (κ3) is 5.93. The van der Waals surface area contributed by atoms with Gasteiger partial charge in [0.15, 0.2) is 0 Å². The summed E-state index contributed by atoms with van der Waals surface area (Å²) in [7, 11) is 0. The summed E-state index contributed by atoms with van der Waals surface area (Å²) >= 11 is 5.85. The van der Waals surface area contributed by atoms with E-state index in [1.54, 1.807) is 6.92 Å². The highest BCUT2D eigenvalue weighted by Gasteiger charge is 2.26. The first-order valence-electron chi connectivity index (χ1n) is 8.89. The van der Waals surface area contributed by atoms with E-state index in [4.69, 9.17) is 11.6 Å². The van der Waals surface area contributed by atoms with E-state index in [0.29, 0.717) is 44.3 Å². The van der Waals surface area contributed by atoms with Gasteiger partial charge < -0.3 is 10.6 Å². The van der Waals surface area contributed by atoms with Crippen LogP contribution in [0.1, 0.15) is 20.3 Å². The Hall–Kier alpha value is -1.70. The lowest BCUT2D eigenvalue weighted by atomic mass is 10.2. The van der Waals surface area contributed by atoms with Gasteiger partial charge in [-0.1, -0.05) is 18.5 Å². The van der Waals surface area contributed by atoms with Crippen LogP contribution in [0.25, 0.3) is 0 Å². The summed E-state index contributed by atoms with van der Waals surface area (Å²) in [4.78, 5) is 28.3. The molecular weight excluding hydrogens is 359 g/mol. The van der Waals surface area contributed by atoms with Gasteiger partial charge in [-0.25, -0.2) is 4.39 Å². The third-order valence-electron chi connectivity index (χ3n) is 4.46. The second kappa shape index (κ2) is 9.85. The number of hydrogen-bond acceptors (Lipinski definition) is 4. The van der Waals surface area contributed by atoms with Crippen LogP contribution in [-0.2, 0) is 9.59 Å². The van der Waals surface area contributed by atoms with Crippen LogP contribution in [0.4, 0.5) is 10.1 Å². The molecule has 1 unspecified atom stereocenters. The van der Waals surface area contributed by atoms with E-state index < -0.39 is 11.9 Å². The maximum absolute atomic E-state index is 13.8. The number of nitrogens with one attached hydrogen (secondary N) is 2. The van der Waals surface area contributed by atoms with E-state index in [0.717, 1.165) is 6.42 Å². The van der Waals surface area contributed by atoms with Gasteiger partial charge in [0.25, 0.3) is 0 Å². The first-order valence-corrected chi connectivity index (χ1v) is 9.27. The zero-order chi connectivity index (χ0) is 19.1. The van der Waals surface area contributed by atoms with Gasteiger partial charge in [-0.05, 0) is 31.5 Å². The Morgan fingerprint density at radius 1 is 1.27 bits per heavy atom. The average Bonchev–Trinajstić information content (AvgIpc) is 2.63. The average molecular weight is 385 g/mol. The quantitative estimate of drug-likeness (QED) is 0.754. The minimum absolute atomic E-state index is 0.0301. The number of carbonyl (C=O) groups is 2. The number of halogens is 2. The standard InChI is InChI=1S/C18H26ClFN4O2/c1-3-6-21-17(25)12-23-7-9-24(10-8-23)13(2)18(26)22-16-11-14(19)4-5-15(16)20/h4-5,11,13H,3,6-10,12H2,1-2H3,(H,21,25)(H,22,26). The molecule has 6 nitrogen and oxygen atoms in total. The summed E-state index contributed by atoms with van der Waals surface area (Å²) in [6.07, 6.45) is 0.916. The monoisotopic (exact) mass is 384 g/mol. The number of benzene rings is 1. The number of rotatable bonds is 7. The van der Waals surface area contributed by atoms with Gasteiger partial charge in [0.05, 0.1) is 18.3 Å². The fraction of sp³-hybridized carbons (Fsp3) is 0.556. The van der Waals surface area contributed by atoms with Crippen LogP contribution < -0.4 is 10.6 Å². The number of carbonyl (C=O) groups excluding carboxylic acids is 2. The lowest BCUT2D eigenvalue weighted by molar-refractivity contribution is -0.124. The topological polar surface area (TPSA) is 64.7 Å². The molecule has 1 aliphatic heterocycles. The summed E-state index contributed by atoms with van der Waals surface area (Å²) in [5.74, 6) is -0.763. The zero-order valence-corrected chi connectivity index (χ0v) is 16.0. The van der Waals surface area contributed by atoms with Crippen molar-refractivity contribution < 1.29 is 14.0 Å². The molecule has 1 fully saturated rings. The van der Waals surface area contributed by atoms with Crippen LogP contribution in [-0.4, -0.2) is 66.9 Å². The number of amides is 2. The summed E-state index contributed by atoms with van der Waals surface area (Å²) in [6, 6.07) is 3.66. The molecule has 2 amide bonds. The SMILES string of the molecule is CCCNC(=O)CN1CCN(C(C)C(=O)Nc2cc(Cl)ccc2F)CC1. The van der Waals surface area contributed by atoms with Gasteiger partial charge in [0.2, 0.25) is 11.8 Å². The summed E-state index contributed by atoms with van der Waals surface area (Å²) in [5, 5.41) is 5.83. The molecule has 2 N–H and O–H groups in total. The molecule has 2 rings (SSSR count). The van der Waals surface area contributed by atoms with E-state index >= 15 is 0 Å². The fourth-order valence-corrected chi connectivity index (χ4v) is 3.00. The van der Waals surface area contributed by atoms with E-state index in [1.165, 1.54) is 18.2 Å². The summed E-state index contributed by atoms with van der Waals surface area (Å²) in [5.41, 5.74) is 0.0839. The van der Waals surface area contributed by atoms with Crippen molar-refractivity contribution in [1.29, 1.82) is 0 Å². The fourth-order valence-electron chi connectivity index (χ4n) is 2.83. The van der Waals surface area contributed by atoms with Gasteiger partial charge in [-0.3, -0.25) is 19.4 Å². The molecule has 0 aromatic heterocycles. The van der Waals surface area contributed by atoms with E-state index in [9.17, 15) is 14.0 Å². The number of anilines is 1. The van der Waals surface area contributed by atoms with Crippen LogP contribution >= 0.6 is 11.6 Å². The summed E-state index contributed by atoms with van der Waals surface area (Å²) < 4.78 is 13.8. The van der Waals surface area contributed by atoms with Gasteiger partial charge >= 0.3 is 0 Å². The van der Waals surface area contributed by atoms with E-state index in [-0.39, 0.29) is 17.5 Å². The lowest BCUT2D eigenvalue weighted by Crippen LogP contribution is -2.54. The molecular formula is C18H26ClFN4O2. The molecule has 0 radical (unpaired) electrons. The molecule has 0 bridgehead atoms. The highest BCUT2D eigenvalue weighted by molar-refractivity contribution is 6.30. The second-order valence-electron chi connectivity index (χ2n) is 6.45. The molecule has 8 heteroatoms. The first-order chi connectivity index (χ1) is 12.4. The summed E-state index contributed by atoms with van der Waals surface area (Å²) in [6.45, 7) is 7.65. The number of piperazine rings is 1. The minimum Gasteiger partial charge on any atom is -0.355 e. The highest BCUT2D eigenvalue weighted by atomic mass is 35.5. The normalized spacial score (nSPS) is 16.9. The smallest absolute Gasteiger partial charge is 0.241 e. The highest BCUT2D eigenvalue weighted by Crippen LogP contribution is 2.20. The van der Waals surface area contributed by atoms with Crippen LogP contribution in [0.2, 0.25) is 5.02 Å². The maximum atomic E-state index is 13.8. The Balaban J connectivity index is 1.81. The molecule has 1 aliphatic rings. The molecule has 0 saturated carbocycles. The van der Waals surface area contributed by atoms with Crippen LogP contribution in [0.5, 0.6) is 0 Å². The molecule has 1 saturated heterocycles. The molecule has 1 atom stereocenters. The Morgan fingerprint density at radius 3 is 2.62 bits per heavy atom. The van der Waals surface area contributed by atoms with Crippen LogP contribution in [0.15, 0.2) is 18.2 Å². The predicted octanol–water partition coefficient (Wildman–Crippen LogP) is 1.95. The van der Waals surface area contributed by atoms with Gasteiger partial charge in [-0.15, -0.1) is 0 Å². The molecule has 0 aliphatic carbocycles. The van der Waals surface area contributed by atoms with Crippen molar-refractivity contribution in [3.05, 3.63) is 29.0 Å². The van der Waals surface area contributed by atoms with E-state index in [1.807, 2.05) is 11.8 Å². The van der Waals surface area contributed by atoms with Crippen LogP contribution in [0, 0.1) is 5.82 Å². The molecule has 1 aromatic carbocycles. The van der Waals surface area contributed by atoms with Gasteiger partial charge in [0.1, 0.15) is 5.82 Å². The maximum Gasteiger partial charge on any atom is 0.241 e. The van der Waals surface area contributed by atoms with Crippen molar-refractivity contribution in [1.82, 2.24) is 15.1 Å². The Bertz CT molecular complexity index is 636. The van der Waals surface area contributed by atoms with Crippen molar-refractivity contribution in [2.24, 2.45) is 0 Å². The first kappa shape index (κ1) is 20.6. The number of nitrogens with zero attached hydrogens (tertiary/aromatic N) is 2. The van der Waals surface area contributed by atoms with Gasteiger partial charge in [-0.2, -0.15) is 0 Å². The Kier molecular flexibility index (Phi) is 7.81. The number of hydrogen-bond donors (Lipinski definition) is 2. The molecule has 144 valence electrons. The third-order valence-corrected chi connectivity index (χ3v) is 4.69. The largest absolute Gasteiger partial charge is 0.355 e. The van der Waals surface area contributed by atoms with Crippen molar-refractivity contribution in [3.63, 3.8) is 0 Å². The Morgan fingerprint density at radius 2 is 1.96 bits per heavy atom. The van der Waals surface area contributed by atoms with Crippen LogP contribution in [0.3, 0.4) is 0 Å².